The molecule has 1 saturated carbocycles. The van der Waals surface area contributed by atoms with Gasteiger partial charge in [-0.15, -0.1) is 0 Å². The molecule has 1 aliphatic heterocycles. The molecule has 0 radical (unpaired) electrons. The number of amides is 2. The number of rotatable bonds is 6. The molecular formula is C19H24N2O5. The summed E-state index contributed by atoms with van der Waals surface area (Å²) in [4.78, 5) is 38.1. The Morgan fingerprint density at radius 1 is 1.19 bits per heavy atom. The lowest BCUT2D eigenvalue weighted by Crippen LogP contribution is -2.40. The molecule has 0 aromatic heterocycles. The summed E-state index contributed by atoms with van der Waals surface area (Å²) >= 11 is 0. The van der Waals surface area contributed by atoms with Crippen LogP contribution in [0.3, 0.4) is 0 Å². The van der Waals surface area contributed by atoms with Crippen molar-refractivity contribution in [3.05, 3.63) is 29.3 Å². The van der Waals surface area contributed by atoms with Gasteiger partial charge in [-0.3, -0.25) is 9.59 Å². The first-order valence-corrected chi connectivity index (χ1v) is 8.90. The van der Waals surface area contributed by atoms with E-state index in [1.54, 1.807) is 24.1 Å². The van der Waals surface area contributed by atoms with Crippen LogP contribution in [0.4, 0.5) is 0 Å². The van der Waals surface area contributed by atoms with Crippen LogP contribution in [0.5, 0.6) is 5.75 Å². The van der Waals surface area contributed by atoms with E-state index in [0.717, 1.165) is 12.8 Å². The van der Waals surface area contributed by atoms with E-state index in [9.17, 15) is 14.4 Å². The van der Waals surface area contributed by atoms with Crippen LogP contribution < -0.4 is 10.1 Å². The second kappa shape index (κ2) is 7.76. The minimum absolute atomic E-state index is 0.107. The van der Waals surface area contributed by atoms with Crippen molar-refractivity contribution in [2.75, 3.05) is 27.3 Å². The van der Waals surface area contributed by atoms with Gasteiger partial charge in [0.1, 0.15) is 11.8 Å². The van der Waals surface area contributed by atoms with E-state index in [1.807, 2.05) is 0 Å². The summed E-state index contributed by atoms with van der Waals surface area (Å²) in [7, 11) is 3.00. The van der Waals surface area contributed by atoms with Crippen molar-refractivity contribution >= 4 is 17.8 Å². The summed E-state index contributed by atoms with van der Waals surface area (Å²) in [5, 5.41) is 2.74. The molecule has 1 aliphatic carbocycles. The number of carbonyl (C=O) groups is 3. The van der Waals surface area contributed by atoms with Gasteiger partial charge in [0, 0.05) is 19.2 Å². The van der Waals surface area contributed by atoms with Gasteiger partial charge in [-0.05, 0) is 43.4 Å². The minimum Gasteiger partial charge on any atom is -0.493 e. The van der Waals surface area contributed by atoms with Crippen molar-refractivity contribution in [3.63, 3.8) is 0 Å². The summed E-state index contributed by atoms with van der Waals surface area (Å²) in [5.41, 5.74) is 0.525. The number of carbonyl (C=O) groups excluding carboxylic acids is 3. The summed E-state index contributed by atoms with van der Waals surface area (Å²) in [5.74, 6) is -0.0628. The Kier molecular flexibility index (Phi) is 5.44. The van der Waals surface area contributed by atoms with Crippen LogP contribution in [0, 0.1) is 5.92 Å². The normalized spacial score (nSPS) is 19.8. The van der Waals surface area contributed by atoms with E-state index in [4.69, 9.17) is 9.47 Å². The molecule has 2 aliphatic rings. The SMILES string of the molecule is COC(=O)c1cc(OCC2CCC2)cc(C(=O)NC2CCN(C)C2=O)c1. The number of hydrogen-bond donors (Lipinski definition) is 1. The van der Waals surface area contributed by atoms with Crippen molar-refractivity contribution < 1.29 is 23.9 Å². The third-order valence-electron chi connectivity index (χ3n) is 5.03. The third-order valence-corrected chi connectivity index (χ3v) is 5.03. The lowest BCUT2D eigenvalue weighted by molar-refractivity contribution is -0.128. The second-order valence-corrected chi connectivity index (χ2v) is 6.92. The number of methoxy groups -OCH3 is 1. The van der Waals surface area contributed by atoms with E-state index < -0.39 is 17.9 Å². The predicted octanol–water partition coefficient (Wildman–Crippen LogP) is 1.61. The fourth-order valence-corrected chi connectivity index (χ4v) is 3.12. The summed E-state index contributed by atoms with van der Waals surface area (Å²) in [6.45, 7) is 1.18. The smallest absolute Gasteiger partial charge is 0.338 e. The molecule has 7 heteroatoms. The number of esters is 1. The van der Waals surface area contributed by atoms with Crippen molar-refractivity contribution in [1.29, 1.82) is 0 Å². The Labute approximate surface area is 152 Å². The number of hydrogen-bond acceptors (Lipinski definition) is 5. The van der Waals surface area contributed by atoms with Gasteiger partial charge in [-0.1, -0.05) is 6.42 Å². The number of benzene rings is 1. The molecule has 1 saturated heterocycles. The quantitative estimate of drug-likeness (QED) is 0.779. The molecule has 1 aromatic carbocycles. The molecule has 7 nitrogen and oxygen atoms in total. The van der Waals surface area contributed by atoms with Gasteiger partial charge in [0.15, 0.2) is 0 Å². The molecule has 0 bridgehead atoms. The highest BCUT2D eigenvalue weighted by atomic mass is 16.5. The van der Waals surface area contributed by atoms with Crippen molar-refractivity contribution in [2.45, 2.75) is 31.7 Å². The van der Waals surface area contributed by atoms with E-state index in [-0.39, 0.29) is 17.0 Å². The van der Waals surface area contributed by atoms with Crippen LogP contribution in [0.25, 0.3) is 0 Å². The maximum atomic E-state index is 12.6. The maximum Gasteiger partial charge on any atom is 0.338 e. The predicted molar refractivity (Wildman–Crippen MR) is 94.1 cm³/mol. The highest BCUT2D eigenvalue weighted by Gasteiger charge is 2.30. The van der Waals surface area contributed by atoms with E-state index >= 15 is 0 Å². The van der Waals surface area contributed by atoms with Crippen LogP contribution in [-0.2, 0) is 9.53 Å². The molecule has 26 heavy (non-hydrogen) atoms. The molecule has 1 N–H and O–H groups in total. The molecule has 2 fully saturated rings. The minimum atomic E-state index is -0.537. The first-order chi connectivity index (χ1) is 12.5. The molecule has 1 heterocycles. The summed E-state index contributed by atoms with van der Waals surface area (Å²) < 4.78 is 10.5. The fourth-order valence-electron chi connectivity index (χ4n) is 3.12. The maximum absolute atomic E-state index is 12.6. The summed E-state index contributed by atoms with van der Waals surface area (Å²) in [6, 6.07) is 4.11. The Balaban J connectivity index is 1.76. The fraction of sp³-hybridized carbons (Fsp3) is 0.526. The molecule has 2 amide bonds. The average Bonchev–Trinajstić information content (AvgIpc) is 2.91. The second-order valence-electron chi connectivity index (χ2n) is 6.92. The first-order valence-electron chi connectivity index (χ1n) is 8.90. The molecular weight excluding hydrogens is 336 g/mol. The van der Waals surface area contributed by atoms with Gasteiger partial charge in [0.25, 0.3) is 5.91 Å². The number of likely N-dealkylation sites (tertiary alicyclic amines) is 1. The monoisotopic (exact) mass is 360 g/mol. The zero-order valence-corrected chi connectivity index (χ0v) is 15.1. The Morgan fingerprint density at radius 3 is 2.50 bits per heavy atom. The van der Waals surface area contributed by atoms with Crippen LogP contribution in [-0.4, -0.2) is 56.0 Å². The third kappa shape index (κ3) is 3.98. The van der Waals surface area contributed by atoms with Gasteiger partial charge >= 0.3 is 5.97 Å². The average molecular weight is 360 g/mol. The van der Waals surface area contributed by atoms with E-state index in [0.29, 0.717) is 31.2 Å². The van der Waals surface area contributed by atoms with Crippen molar-refractivity contribution in [1.82, 2.24) is 10.2 Å². The molecule has 140 valence electrons. The highest BCUT2D eigenvalue weighted by Crippen LogP contribution is 2.28. The zero-order valence-electron chi connectivity index (χ0n) is 15.1. The molecule has 1 unspecified atom stereocenters. The first kappa shape index (κ1) is 18.2. The molecule has 0 spiro atoms. The van der Waals surface area contributed by atoms with Crippen LogP contribution >= 0.6 is 0 Å². The van der Waals surface area contributed by atoms with Gasteiger partial charge in [0.2, 0.25) is 5.91 Å². The van der Waals surface area contributed by atoms with Crippen molar-refractivity contribution in [3.8, 4) is 5.75 Å². The molecule has 1 atom stereocenters. The van der Waals surface area contributed by atoms with Gasteiger partial charge in [-0.25, -0.2) is 4.79 Å². The van der Waals surface area contributed by atoms with Gasteiger partial charge < -0.3 is 19.7 Å². The van der Waals surface area contributed by atoms with E-state index in [1.165, 1.54) is 19.6 Å². The zero-order chi connectivity index (χ0) is 18.7. The van der Waals surface area contributed by atoms with Crippen LogP contribution in [0.15, 0.2) is 18.2 Å². The van der Waals surface area contributed by atoms with E-state index in [2.05, 4.69) is 5.32 Å². The standard InChI is InChI=1S/C19H24N2O5/c1-21-7-6-16(18(21)23)20-17(22)13-8-14(19(24)25-2)10-15(9-13)26-11-12-4-3-5-12/h8-10,12,16H,3-7,11H2,1-2H3,(H,20,22). The lowest BCUT2D eigenvalue weighted by Gasteiger charge is -2.25. The molecule has 1 aromatic rings. The van der Waals surface area contributed by atoms with Gasteiger partial charge in [-0.2, -0.15) is 0 Å². The topological polar surface area (TPSA) is 84.9 Å². The van der Waals surface area contributed by atoms with Gasteiger partial charge in [0.05, 0.1) is 19.3 Å². The van der Waals surface area contributed by atoms with Crippen LogP contribution in [0.1, 0.15) is 46.4 Å². The lowest BCUT2D eigenvalue weighted by atomic mass is 9.86. The Bertz CT molecular complexity index is 714. The molecule has 3 rings (SSSR count). The highest BCUT2D eigenvalue weighted by molar-refractivity contribution is 6.00. The number of nitrogens with one attached hydrogen (secondary N) is 1. The summed E-state index contributed by atoms with van der Waals surface area (Å²) in [6.07, 6.45) is 4.07. The van der Waals surface area contributed by atoms with Crippen LogP contribution in [0.2, 0.25) is 0 Å². The largest absolute Gasteiger partial charge is 0.493 e. The number of ether oxygens (including phenoxy) is 2. The number of likely N-dealkylation sites (N-methyl/N-ethyl adjacent to an activating group) is 1. The van der Waals surface area contributed by atoms with Crippen molar-refractivity contribution in [2.24, 2.45) is 5.92 Å². The Hall–Kier alpha value is -2.57. The number of nitrogens with zero attached hydrogens (tertiary/aromatic N) is 1. The Morgan fingerprint density at radius 2 is 1.92 bits per heavy atom.